The van der Waals surface area contributed by atoms with Crippen LogP contribution in [0.25, 0.3) is 11.3 Å². The van der Waals surface area contributed by atoms with Crippen molar-refractivity contribution in [2.24, 2.45) is 0 Å². The van der Waals surface area contributed by atoms with Crippen LogP contribution in [0, 0.1) is 13.8 Å². The van der Waals surface area contributed by atoms with Crippen LogP contribution in [0.2, 0.25) is 0 Å². The van der Waals surface area contributed by atoms with E-state index in [1.54, 1.807) is 0 Å². The van der Waals surface area contributed by atoms with Crippen LogP contribution in [0.1, 0.15) is 18.8 Å². The Kier molecular flexibility index (Phi) is 3.07. The maximum absolute atomic E-state index is 5.01. The zero-order valence-corrected chi connectivity index (χ0v) is 7.74. The number of aryl methyl sites for hydroxylation is 2. The van der Waals surface area contributed by atoms with Crippen molar-refractivity contribution in [2.75, 3.05) is 0 Å². The molecule has 1 aromatic heterocycles. The van der Waals surface area contributed by atoms with E-state index in [2.05, 4.69) is 24.2 Å². The third-order valence-electron chi connectivity index (χ3n) is 1.94. The van der Waals surface area contributed by atoms with Crippen molar-refractivity contribution in [2.45, 2.75) is 21.3 Å². The van der Waals surface area contributed by atoms with E-state index in [0.717, 1.165) is 17.0 Å². The third kappa shape index (κ3) is 2.02. The van der Waals surface area contributed by atoms with Crippen molar-refractivity contribution in [1.82, 2.24) is 5.16 Å². The largest absolute Gasteiger partial charge is 0.361 e. The van der Waals surface area contributed by atoms with E-state index < -0.39 is 0 Å². The first-order chi connectivity index (χ1) is 6.25. The number of hydrogen-bond acceptors (Lipinski definition) is 2. The van der Waals surface area contributed by atoms with Crippen molar-refractivity contribution in [1.29, 1.82) is 0 Å². The molecule has 0 radical (unpaired) electrons. The number of aromatic nitrogens is 1. The highest BCUT2D eigenvalue weighted by Crippen LogP contribution is 2.19. The van der Waals surface area contributed by atoms with Gasteiger partial charge in [0.05, 0.1) is 0 Å². The normalized spacial score (nSPS) is 9.57. The van der Waals surface area contributed by atoms with Gasteiger partial charge in [0.1, 0.15) is 11.5 Å². The molecule has 0 saturated heterocycles. The van der Waals surface area contributed by atoms with Gasteiger partial charge in [-0.25, -0.2) is 0 Å². The topological polar surface area (TPSA) is 26.0 Å². The Morgan fingerprint density at radius 2 is 1.93 bits per heavy atom. The summed E-state index contributed by atoms with van der Waals surface area (Å²) in [6, 6.07) is 10.2. The van der Waals surface area contributed by atoms with E-state index in [0.29, 0.717) is 0 Å². The predicted octanol–water partition coefficient (Wildman–Crippen LogP) is 3.59. The van der Waals surface area contributed by atoms with Crippen LogP contribution < -0.4 is 0 Å². The van der Waals surface area contributed by atoms with Crippen molar-refractivity contribution in [3.63, 3.8) is 0 Å². The summed E-state index contributed by atoms with van der Waals surface area (Å²) in [4.78, 5) is 0. The molecule has 1 heterocycles. The van der Waals surface area contributed by atoms with Gasteiger partial charge in [0, 0.05) is 11.6 Å². The Labute approximate surface area is 84.6 Å². The Bertz CT molecular complexity index is 418. The first kappa shape index (κ1) is 10.5. The first-order valence-electron chi connectivity index (χ1n) is 4.26. The Hall–Kier alpha value is -1.57. The molecule has 0 N–H and O–H groups in total. The molecular weight excluding hydrogens is 174 g/mol. The zero-order valence-electron chi connectivity index (χ0n) is 7.74. The highest BCUT2D eigenvalue weighted by Gasteiger charge is 2.02. The lowest BCUT2D eigenvalue weighted by molar-refractivity contribution is 0.399. The van der Waals surface area contributed by atoms with E-state index >= 15 is 0 Å². The second kappa shape index (κ2) is 4.09. The summed E-state index contributed by atoms with van der Waals surface area (Å²) >= 11 is 0. The summed E-state index contributed by atoms with van der Waals surface area (Å²) in [5.74, 6) is 0.844. The first-order valence-corrected chi connectivity index (χ1v) is 4.26. The monoisotopic (exact) mass is 189 g/mol. The second-order valence-electron chi connectivity index (χ2n) is 3.19. The summed E-state index contributed by atoms with van der Waals surface area (Å²) in [6.45, 7) is 3.96. The molecule has 0 spiro atoms. The summed E-state index contributed by atoms with van der Waals surface area (Å²) < 4.78 is 5.01. The number of hydrogen-bond donors (Lipinski definition) is 0. The smallest absolute Gasteiger partial charge is 0.134 e. The molecule has 0 bridgehead atoms. The minimum absolute atomic E-state index is 0. The fraction of sp³-hybridized carbons (Fsp3) is 0.250. The van der Waals surface area contributed by atoms with Crippen molar-refractivity contribution in [3.05, 3.63) is 41.7 Å². The van der Waals surface area contributed by atoms with Crippen LogP contribution in [0.3, 0.4) is 0 Å². The molecule has 1 aromatic carbocycles. The molecular formula is C12H15NO. The fourth-order valence-electron chi connectivity index (χ4n) is 1.31. The van der Waals surface area contributed by atoms with Gasteiger partial charge >= 0.3 is 0 Å². The van der Waals surface area contributed by atoms with Crippen LogP contribution in [0.4, 0.5) is 0 Å². The van der Waals surface area contributed by atoms with E-state index in [1.807, 2.05) is 25.1 Å². The van der Waals surface area contributed by atoms with Gasteiger partial charge in [0.25, 0.3) is 0 Å². The average molecular weight is 189 g/mol. The average Bonchev–Trinajstić information content (AvgIpc) is 2.52. The molecule has 2 heteroatoms. The van der Waals surface area contributed by atoms with E-state index in [-0.39, 0.29) is 7.43 Å². The van der Waals surface area contributed by atoms with Gasteiger partial charge in [-0.05, 0) is 19.9 Å². The van der Waals surface area contributed by atoms with Crippen LogP contribution >= 0.6 is 0 Å². The highest BCUT2D eigenvalue weighted by molar-refractivity contribution is 5.59. The van der Waals surface area contributed by atoms with Crippen LogP contribution in [-0.2, 0) is 0 Å². The molecule has 0 amide bonds. The summed E-state index contributed by atoms with van der Waals surface area (Å²) in [6.07, 6.45) is 0. The van der Waals surface area contributed by atoms with Gasteiger partial charge < -0.3 is 4.52 Å². The lowest BCUT2D eigenvalue weighted by atomic mass is 10.1. The molecule has 0 aliphatic carbocycles. The molecule has 0 saturated carbocycles. The molecule has 2 nitrogen and oxygen atoms in total. The maximum Gasteiger partial charge on any atom is 0.134 e. The van der Waals surface area contributed by atoms with Crippen molar-refractivity contribution >= 4 is 0 Å². The van der Waals surface area contributed by atoms with E-state index in [4.69, 9.17) is 4.52 Å². The van der Waals surface area contributed by atoms with E-state index in [1.165, 1.54) is 5.56 Å². The number of rotatable bonds is 1. The molecule has 0 aliphatic rings. The van der Waals surface area contributed by atoms with E-state index in [9.17, 15) is 0 Å². The number of benzene rings is 1. The minimum atomic E-state index is 0. The van der Waals surface area contributed by atoms with Crippen molar-refractivity contribution in [3.8, 4) is 11.3 Å². The van der Waals surface area contributed by atoms with Crippen LogP contribution in [-0.4, -0.2) is 5.16 Å². The zero-order chi connectivity index (χ0) is 9.26. The molecule has 14 heavy (non-hydrogen) atoms. The Morgan fingerprint density at radius 1 is 1.14 bits per heavy atom. The van der Waals surface area contributed by atoms with Crippen molar-refractivity contribution < 1.29 is 4.52 Å². The quantitative estimate of drug-likeness (QED) is 0.685. The molecule has 74 valence electrons. The standard InChI is InChI=1S/C11H11NO.CH4/c1-8-4-3-5-10(6-8)11-7-9(2)13-12-11;/h3-7H,1-2H3;1H4. The van der Waals surface area contributed by atoms with Gasteiger partial charge in [-0.15, -0.1) is 0 Å². The predicted molar refractivity (Wildman–Crippen MR) is 58.1 cm³/mol. The Balaban J connectivity index is 0.000000980. The fourth-order valence-corrected chi connectivity index (χ4v) is 1.31. The molecule has 0 fully saturated rings. The molecule has 2 aromatic rings. The summed E-state index contributed by atoms with van der Waals surface area (Å²) in [7, 11) is 0. The van der Waals surface area contributed by atoms with Gasteiger partial charge in [0.2, 0.25) is 0 Å². The second-order valence-corrected chi connectivity index (χ2v) is 3.19. The highest BCUT2D eigenvalue weighted by atomic mass is 16.5. The lowest BCUT2D eigenvalue weighted by Gasteiger charge is -1.95. The van der Waals surface area contributed by atoms with Crippen LogP contribution in [0.5, 0.6) is 0 Å². The van der Waals surface area contributed by atoms with Crippen LogP contribution in [0.15, 0.2) is 34.9 Å². The van der Waals surface area contributed by atoms with Gasteiger partial charge in [0.15, 0.2) is 0 Å². The lowest BCUT2D eigenvalue weighted by Crippen LogP contribution is -1.77. The molecule has 0 unspecified atom stereocenters. The SMILES string of the molecule is C.Cc1cccc(-c2cc(C)on2)c1. The summed E-state index contributed by atoms with van der Waals surface area (Å²) in [5, 5.41) is 3.95. The molecule has 0 atom stereocenters. The molecule has 2 rings (SSSR count). The minimum Gasteiger partial charge on any atom is -0.361 e. The van der Waals surface area contributed by atoms with Gasteiger partial charge in [-0.1, -0.05) is 36.3 Å². The maximum atomic E-state index is 5.01. The van der Waals surface area contributed by atoms with Gasteiger partial charge in [-0.2, -0.15) is 0 Å². The number of nitrogens with zero attached hydrogens (tertiary/aromatic N) is 1. The third-order valence-corrected chi connectivity index (χ3v) is 1.94. The molecule has 0 aliphatic heterocycles. The van der Waals surface area contributed by atoms with Gasteiger partial charge in [-0.3, -0.25) is 0 Å². The summed E-state index contributed by atoms with van der Waals surface area (Å²) in [5.41, 5.74) is 3.25. The Morgan fingerprint density at radius 3 is 2.50 bits per heavy atom.